The van der Waals surface area contributed by atoms with Crippen LogP contribution in [0, 0.1) is 24.2 Å². The number of rotatable bonds is 3. The fourth-order valence-corrected chi connectivity index (χ4v) is 2.55. The molecule has 0 saturated heterocycles. The standard InChI is InChI=1S/C17H15ClN4/c1-11-3-5-13(6-4-11)16-21-15-7-14(18)9-20-17(15)22(16)10-12(2)8-19/h3-7,9,12H,10H2,1-2H3. The van der Waals surface area contributed by atoms with E-state index in [2.05, 4.69) is 16.0 Å². The van der Waals surface area contributed by atoms with Crippen molar-refractivity contribution in [3.05, 3.63) is 47.1 Å². The molecule has 110 valence electrons. The Bertz CT molecular complexity index is 859. The predicted octanol–water partition coefficient (Wildman–Crippen LogP) is 4.22. The van der Waals surface area contributed by atoms with Gasteiger partial charge in [-0.05, 0) is 19.9 Å². The lowest BCUT2D eigenvalue weighted by Gasteiger charge is -2.10. The summed E-state index contributed by atoms with van der Waals surface area (Å²) in [5, 5.41) is 9.68. The second kappa shape index (κ2) is 5.78. The third-order valence-electron chi connectivity index (χ3n) is 3.54. The smallest absolute Gasteiger partial charge is 0.160 e. The van der Waals surface area contributed by atoms with E-state index in [1.54, 1.807) is 12.3 Å². The van der Waals surface area contributed by atoms with E-state index in [0.29, 0.717) is 11.6 Å². The van der Waals surface area contributed by atoms with E-state index in [1.807, 2.05) is 42.7 Å². The van der Waals surface area contributed by atoms with E-state index in [1.165, 1.54) is 5.56 Å². The Kier molecular flexibility index (Phi) is 3.82. The van der Waals surface area contributed by atoms with Gasteiger partial charge in [0.1, 0.15) is 11.3 Å². The summed E-state index contributed by atoms with van der Waals surface area (Å²) in [7, 11) is 0. The fraction of sp³-hybridized carbons (Fsp3) is 0.235. The Balaban J connectivity index is 2.21. The highest BCUT2D eigenvalue weighted by Crippen LogP contribution is 2.26. The lowest BCUT2D eigenvalue weighted by atomic mass is 10.1. The van der Waals surface area contributed by atoms with E-state index in [-0.39, 0.29) is 5.92 Å². The molecule has 3 rings (SSSR count). The van der Waals surface area contributed by atoms with E-state index in [9.17, 15) is 0 Å². The number of aromatic nitrogens is 3. The maximum atomic E-state index is 9.12. The Labute approximate surface area is 134 Å². The van der Waals surface area contributed by atoms with Crippen LogP contribution < -0.4 is 0 Å². The molecular weight excluding hydrogens is 296 g/mol. The average Bonchev–Trinajstić information content (AvgIpc) is 2.85. The largest absolute Gasteiger partial charge is 0.307 e. The minimum Gasteiger partial charge on any atom is -0.307 e. The minimum atomic E-state index is -0.126. The van der Waals surface area contributed by atoms with Crippen molar-refractivity contribution < 1.29 is 0 Å². The maximum absolute atomic E-state index is 9.12. The molecule has 0 aliphatic rings. The summed E-state index contributed by atoms with van der Waals surface area (Å²) in [6, 6.07) is 12.2. The summed E-state index contributed by atoms with van der Waals surface area (Å²) >= 11 is 6.02. The first-order chi connectivity index (χ1) is 10.6. The molecular formula is C17H15ClN4. The number of hydrogen-bond acceptors (Lipinski definition) is 3. The molecule has 1 aromatic carbocycles. The molecule has 0 spiro atoms. The van der Waals surface area contributed by atoms with Crippen LogP contribution in [0.1, 0.15) is 12.5 Å². The van der Waals surface area contributed by atoms with Gasteiger partial charge in [-0.3, -0.25) is 0 Å². The van der Waals surface area contributed by atoms with Gasteiger partial charge in [0.25, 0.3) is 0 Å². The SMILES string of the molecule is Cc1ccc(-c2nc3cc(Cl)cnc3n2CC(C)C#N)cc1. The zero-order valence-electron chi connectivity index (χ0n) is 12.4. The predicted molar refractivity (Wildman–Crippen MR) is 87.5 cm³/mol. The molecule has 0 amide bonds. The molecule has 0 radical (unpaired) electrons. The van der Waals surface area contributed by atoms with Gasteiger partial charge in [-0.15, -0.1) is 0 Å². The van der Waals surface area contributed by atoms with Crippen molar-refractivity contribution in [2.24, 2.45) is 5.92 Å². The molecule has 0 bridgehead atoms. The summed E-state index contributed by atoms with van der Waals surface area (Å²) in [6.45, 7) is 4.48. The summed E-state index contributed by atoms with van der Waals surface area (Å²) < 4.78 is 1.99. The Morgan fingerprint density at radius 3 is 2.73 bits per heavy atom. The number of fused-ring (bicyclic) bond motifs is 1. The van der Waals surface area contributed by atoms with Crippen LogP contribution >= 0.6 is 11.6 Å². The third-order valence-corrected chi connectivity index (χ3v) is 3.74. The van der Waals surface area contributed by atoms with Crippen LogP contribution in [0.5, 0.6) is 0 Å². The normalized spacial score (nSPS) is 12.3. The molecule has 22 heavy (non-hydrogen) atoms. The number of pyridine rings is 1. The van der Waals surface area contributed by atoms with Crippen LogP contribution in [0.2, 0.25) is 5.02 Å². The lowest BCUT2D eigenvalue weighted by molar-refractivity contribution is 0.594. The molecule has 0 fully saturated rings. The van der Waals surface area contributed by atoms with Crippen LogP contribution in [0.15, 0.2) is 36.5 Å². The quantitative estimate of drug-likeness (QED) is 0.727. The summed E-state index contributed by atoms with van der Waals surface area (Å²) in [6.07, 6.45) is 1.61. The van der Waals surface area contributed by atoms with E-state index < -0.39 is 0 Å². The van der Waals surface area contributed by atoms with Gasteiger partial charge in [0, 0.05) is 18.3 Å². The molecule has 0 N–H and O–H groups in total. The van der Waals surface area contributed by atoms with E-state index >= 15 is 0 Å². The molecule has 5 heteroatoms. The van der Waals surface area contributed by atoms with Crippen molar-refractivity contribution in [2.45, 2.75) is 20.4 Å². The second-order valence-corrected chi connectivity index (χ2v) is 5.87. The number of benzene rings is 1. The summed E-state index contributed by atoms with van der Waals surface area (Å²) in [5.41, 5.74) is 3.69. The van der Waals surface area contributed by atoms with Crippen LogP contribution in [0.25, 0.3) is 22.6 Å². The van der Waals surface area contributed by atoms with Crippen molar-refractivity contribution in [2.75, 3.05) is 0 Å². The number of nitrogens with zero attached hydrogens (tertiary/aromatic N) is 4. The highest BCUT2D eigenvalue weighted by molar-refractivity contribution is 6.31. The lowest BCUT2D eigenvalue weighted by Crippen LogP contribution is -2.08. The Morgan fingerprint density at radius 1 is 1.32 bits per heavy atom. The van der Waals surface area contributed by atoms with Gasteiger partial charge < -0.3 is 4.57 Å². The van der Waals surface area contributed by atoms with Crippen molar-refractivity contribution in [3.63, 3.8) is 0 Å². The van der Waals surface area contributed by atoms with Crippen LogP contribution in [-0.4, -0.2) is 14.5 Å². The Morgan fingerprint density at radius 2 is 2.05 bits per heavy atom. The highest BCUT2D eigenvalue weighted by Gasteiger charge is 2.16. The first-order valence-electron chi connectivity index (χ1n) is 7.07. The molecule has 1 unspecified atom stereocenters. The van der Waals surface area contributed by atoms with Crippen LogP contribution in [0.3, 0.4) is 0 Å². The topological polar surface area (TPSA) is 54.5 Å². The molecule has 0 aliphatic heterocycles. The van der Waals surface area contributed by atoms with Gasteiger partial charge in [0.05, 0.1) is 17.0 Å². The van der Waals surface area contributed by atoms with Gasteiger partial charge in [-0.1, -0.05) is 41.4 Å². The molecule has 2 heterocycles. The zero-order chi connectivity index (χ0) is 15.7. The van der Waals surface area contributed by atoms with Crippen molar-refractivity contribution in [1.29, 1.82) is 5.26 Å². The number of imidazole rings is 1. The van der Waals surface area contributed by atoms with E-state index in [4.69, 9.17) is 16.9 Å². The number of halogens is 1. The molecule has 3 aromatic rings. The summed E-state index contributed by atoms with van der Waals surface area (Å²) in [5.74, 6) is 0.686. The highest BCUT2D eigenvalue weighted by atomic mass is 35.5. The molecule has 4 nitrogen and oxygen atoms in total. The number of nitriles is 1. The van der Waals surface area contributed by atoms with E-state index in [0.717, 1.165) is 22.6 Å². The summed E-state index contributed by atoms with van der Waals surface area (Å²) in [4.78, 5) is 9.06. The first kappa shape index (κ1) is 14.6. The zero-order valence-corrected chi connectivity index (χ0v) is 13.2. The third kappa shape index (κ3) is 2.68. The number of aryl methyl sites for hydroxylation is 1. The first-order valence-corrected chi connectivity index (χ1v) is 7.44. The van der Waals surface area contributed by atoms with Gasteiger partial charge in [0.2, 0.25) is 0 Å². The second-order valence-electron chi connectivity index (χ2n) is 5.44. The monoisotopic (exact) mass is 310 g/mol. The Hall–Kier alpha value is -2.38. The molecule has 0 saturated carbocycles. The molecule has 2 aromatic heterocycles. The van der Waals surface area contributed by atoms with Crippen LogP contribution in [-0.2, 0) is 6.54 Å². The average molecular weight is 311 g/mol. The van der Waals surface area contributed by atoms with Gasteiger partial charge in [-0.2, -0.15) is 5.26 Å². The van der Waals surface area contributed by atoms with Gasteiger partial charge in [0.15, 0.2) is 5.65 Å². The molecule has 0 aliphatic carbocycles. The minimum absolute atomic E-state index is 0.126. The van der Waals surface area contributed by atoms with Crippen molar-refractivity contribution in [3.8, 4) is 17.5 Å². The van der Waals surface area contributed by atoms with Crippen molar-refractivity contribution in [1.82, 2.24) is 14.5 Å². The molecule has 1 atom stereocenters. The van der Waals surface area contributed by atoms with Gasteiger partial charge >= 0.3 is 0 Å². The van der Waals surface area contributed by atoms with Gasteiger partial charge in [-0.25, -0.2) is 9.97 Å². The maximum Gasteiger partial charge on any atom is 0.160 e. The van der Waals surface area contributed by atoms with Crippen LogP contribution in [0.4, 0.5) is 0 Å². The fourth-order valence-electron chi connectivity index (χ4n) is 2.40. The van der Waals surface area contributed by atoms with Crippen molar-refractivity contribution >= 4 is 22.8 Å². The number of hydrogen-bond donors (Lipinski definition) is 0.